The van der Waals surface area contributed by atoms with Crippen molar-refractivity contribution in [3.8, 4) is 0 Å². The molecule has 3 heteroatoms. The van der Waals surface area contributed by atoms with E-state index in [2.05, 4.69) is 0 Å². The average Bonchev–Trinajstić information content (AvgIpc) is 1.88. The predicted molar refractivity (Wildman–Crippen MR) is 42.5 cm³/mol. The molecular formula is C7H14O2S. The summed E-state index contributed by atoms with van der Waals surface area (Å²) in [4.78, 5) is 0. The fraction of sp³-hybridized carbons (Fsp3) is 1.00. The lowest BCUT2D eigenvalue weighted by Gasteiger charge is -2.21. The summed E-state index contributed by atoms with van der Waals surface area (Å²) in [7, 11) is -0.688. The third-order valence-electron chi connectivity index (χ3n) is 1.69. The number of ether oxygens (including phenoxy) is 1. The largest absolute Gasteiger partial charge is 0.377 e. The van der Waals surface area contributed by atoms with E-state index in [1.54, 1.807) is 6.26 Å². The van der Waals surface area contributed by atoms with Crippen molar-refractivity contribution in [2.45, 2.75) is 25.4 Å². The zero-order valence-corrected chi connectivity index (χ0v) is 7.15. The van der Waals surface area contributed by atoms with E-state index in [4.69, 9.17) is 4.74 Å². The van der Waals surface area contributed by atoms with E-state index in [0.29, 0.717) is 0 Å². The van der Waals surface area contributed by atoms with Crippen LogP contribution in [0.15, 0.2) is 0 Å². The quantitative estimate of drug-likeness (QED) is 0.604. The predicted octanol–water partition coefficient (Wildman–Crippen LogP) is 0.934. The lowest BCUT2D eigenvalue weighted by Crippen LogP contribution is -2.24. The first-order chi connectivity index (χ1) is 4.79. The molecule has 0 N–H and O–H groups in total. The van der Waals surface area contributed by atoms with Crippen molar-refractivity contribution in [1.29, 1.82) is 0 Å². The molecule has 1 rings (SSSR count). The lowest BCUT2D eigenvalue weighted by atomic mass is 10.1. The number of hydrogen-bond donors (Lipinski definition) is 0. The Morgan fingerprint density at radius 1 is 1.60 bits per heavy atom. The molecule has 0 amide bonds. The molecule has 0 spiro atoms. The van der Waals surface area contributed by atoms with Crippen LogP contribution in [0.1, 0.15) is 19.3 Å². The molecule has 1 aliphatic rings. The van der Waals surface area contributed by atoms with Gasteiger partial charge in [-0.05, 0) is 19.3 Å². The van der Waals surface area contributed by atoms with Gasteiger partial charge in [0, 0.05) is 29.4 Å². The first kappa shape index (κ1) is 8.21. The molecule has 1 heterocycles. The Labute approximate surface area is 64.4 Å². The Morgan fingerprint density at radius 2 is 2.40 bits per heavy atom. The maximum absolute atomic E-state index is 10.7. The molecule has 1 saturated heterocycles. The molecule has 2 atom stereocenters. The summed E-state index contributed by atoms with van der Waals surface area (Å²) < 4.78 is 16.1. The van der Waals surface area contributed by atoms with Gasteiger partial charge in [0.05, 0.1) is 6.10 Å². The summed E-state index contributed by atoms with van der Waals surface area (Å²) in [6, 6.07) is 0. The average molecular weight is 162 g/mol. The maximum Gasteiger partial charge on any atom is 0.0690 e. The van der Waals surface area contributed by atoms with Gasteiger partial charge in [0.25, 0.3) is 0 Å². The van der Waals surface area contributed by atoms with E-state index in [0.717, 1.165) is 18.8 Å². The summed E-state index contributed by atoms with van der Waals surface area (Å²) in [5, 5.41) is 0. The van der Waals surface area contributed by atoms with Crippen LogP contribution in [-0.4, -0.2) is 28.9 Å². The monoisotopic (exact) mass is 162 g/mol. The molecule has 1 aliphatic heterocycles. The van der Waals surface area contributed by atoms with Crippen molar-refractivity contribution in [2.75, 3.05) is 18.6 Å². The van der Waals surface area contributed by atoms with Gasteiger partial charge >= 0.3 is 0 Å². The van der Waals surface area contributed by atoms with Crippen LogP contribution < -0.4 is 0 Å². The van der Waals surface area contributed by atoms with Gasteiger partial charge in [-0.25, -0.2) is 0 Å². The normalized spacial score (nSPS) is 29.9. The van der Waals surface area contributed by atoms with E-state index in [1.807, 2.05) is 0 Å². The van der Waals surface area contributed by atoms with E-state index >= 15 is 0 Å². The van der Waals surface area contributed by atoms with E-state index in [9.17, 15) is 4.21 Å². The second-order valence-electron chi connectivity index (χ2n) is 2.73. The molecule has 1 fully saturated rings. The third kappa shape index (κ3) is 2.80. The molecule has 60 valence electrons. The molecule has 1 unspecified atom stereocenters. The summed E-state index contributed by atoms with van der Waals surface area (Å²) >= 11 is 0. The van der Waals surface area contributed by atoms with Gasteiger partial charge in [-0.3, -0.25) is 4.21 Å². The van der Waals surface area contributed by atoms with Crippen molar-refractivity contribution in [3.63, 3.8) is 0 Å². The van der Waals surface area contributed by atoms with Gasteiger partial charge < -0.3 is 4.74 Å². The Kier molecular flexibility index (Phi) is 3.35. The molecule has 0 aromatic rings. The molecular weight excluding hydrogens is 148 g/mol. The molecule has 0 aromatic carbocycles. The van der Waals surface area contributed by atoms with Crippen LogP contribution in [0.25, 0.3) is 0 Å². The molecule has 2 nitrogen and oxygen atoms in total. The summed E-state index contributed by atoms with van der Waals surface area (Å²) in [5.41, 5.74) is 0. The van der Waals surface area contributed by atoms with Gasteiger partial charge in [-0.15, -0.1) is 0 Å². The Bertz CT molecular complexity index is 119. The summed E-state index contributed by atoms with van der Waals surface area (Å²) in [6.07, 6.45) is 5.52. The first-order valence-corrected chi connectivity index (χ1v) is 5.43. The second kappa shape index (κ2) is 4.09. The molecule has 10 heavy (non-hydrogen) atoms. The molecule has 0 saturated carbocycles. The zero-order valence-electron chi connectivity index (χ0n) is 6.34. The smallest absolute Gasteiger partial charge is 0.0690 e. The third-order valence-corrected chi connectivity index (χ3v) is 2.54. The van der Waals surface area contributed by atoms with Crippen LogP contribution in [0, 0.1) is 0 Å². The van der Waals surface area contributed by atoms with E-state index in [1.165, 1.54) is 12.8 Å². The topological polar surface area (TPSA) is 26.3 Å². The van der Waals surface area contributed by atoms with E-state index in [-0.39, 0.29) is 6.10 Å². The van der Waals surface area contributed by atoms with Crippen LogP contribution >= 0.6 is 0 Å². The standard InChI is InChI=1S/C7H14O2S/c1-10(8)6-7-4-2-3-5-9-7/h7H,2-6H2,1H3/t7?,10-/m1/s1. The minimum absolute atomic E-state index is 0.277. The maximum atomic E-state index is 10.7. The second-order valence-corrected chi connectivity index (χ2v) is 4.21. The summed E-state index contributed by atoms with van der Waals surface area (Å²) in [5.74, 6) is 0.722. The minimum Gasteiger partial charge on any atom is -0.377 e. The van der Waals surface area contributed by atoms with Gasteiger partial charge in [0.1, 0.15) is 0 Å². The van der Waals surface area contributed by atoms with Crippen molar-refractivity contribution < 1.29 is 8.95 Å². The Hall–Kier alpha value is 0.110. The van der Waals surface area contributed by atoms with Crippen molar-refractivity contribution in [2.24, 2.45) is 0 Å². The van der Waals surface area contributed by atoms with Crippen LogP contribution in [0.4, 0.5) is 0 Å². The van der Waals surface area contributed by atoms with Crippen LogP contribution in [0.2, 0.25) is 0 Å². The molecule has 0 radical (unpaired) electrons. The van der Waals surface area contributed by atoms with Gasteiger partial charge in [0.2, 0.25) is 0 Å². The lowest BCUT2D eigenvalue weighted by molar-refractivity contribution is 0.0311. The van der Waals surface area contributed by atoms with Crippen molar-refractivity contribution in [3.05, 3.63) is 0 Å². The van der Waals surface area contributed by atoms with Gasteiger partial charge in [0.15, 0.2) is 0 Å². The van der Waals surface area contributed by atoms with E-state index < -0.39 is 10.8 Å². The SMILES string of the molecule is C[S@@](=O)CC1CCCCO1. The fourth-order valence-corrected chi connectivity index (χ4v) is 1.99. The highest BCUT2D eigenvalue weighted by atomic mass is 32.2. The molecule has 0 aliphatic carbocycles. The number of rotatable bonds is 2. The zero-order chi connectivity index (χ0) is 7.40. The van der Waals surface area contributed by atoms with Crippen LogP contribution in [-0.2, 0) is 15.5 Å². The highest BCUT2D eigenvalue weighted by Gasteiger charge is 2.14. The fourth-order valence-electron chi connectivity index (χ4n) is 1.20. The highest BCUT2D eigenvalue weighted by molar-refractivity contribution is 7.84. The van der Waals surface area contributed by atoms with Crippen LogP contribution in [0.5, 0.6) is 0 Å². The van der Waals surface area contributed by atoms with Gasteiger partial charge in [-0.2, -0.15) is 0 Å². The number of hydrogen-bond acceptors (Lipinski definition) is 2. The Balaban J connectivity index is 2.19. The molecule has 0 aromatic heterocycles. The van der Waals surface area contributed by atoms with Crippen molar-refractivity contribution in [1.82, 2.24) is 0 Å². The highest BCUT2D eigenvalue weighted by Crippen LogP contribution is 2.12. The Morgan fingerprint density at radius 3 is 2.90 bits per heavy atom. The van der Waals surface area contributed by atoms with Crippen molar-refractivity contribution >= 4 is 10.8 Å². The first-order valence-electron chi connectivity index (χ1n) is 3.70. The summed E-state index contributed by atoms with van der Waals surface area (Å²) in [6.45, 7) is 0.863. The van der Waals surface area contributed by atoms with Crippen LogP contribution in [0.3, 0.4) is 0 Å². The minimum atomic E-state index is -0.688. The molecule has 0 bridgehead atoms. The van der Waals surface area contributed by atoms with Gasteiger partial charge in [-0.1, -0.05) is 0 Å².